The molecule has 2 heterocycles. The zero-order valence-electron chi connectivity index (χ0n) is 21.5. The second-order valence-corrected chi connectivity index (χ2v) is 9.42. The normalized spacial score (nSPS) is 14.9. The number of carbonyl (C=O) groups is 2. The van der Waals surface area contributed by atoms with Crippen molar-refractivity contribution >= 4 is 23.3 Å². The summed E-state index contributed by atoms with van der Waals surface area (Å²) in [4.78, 5) is 33.3. The number of rotatable bonds is 8. The lowest BCUT2D eigenvalue weighted by Gasteiger charge is -2.35. The first-order valence-corrected chi connectivity index (χ1v) is 12.6. The van der Waals surface area contributed by atoms with E-state index in [0.717, 1.165) is 24.3 Å². The Balaban J connectivity index is 1.42. The molecule has 1 saturated heterocycles. The maximum Gasteiger partial charge on any atom is 0.247 e. The third-order valence-corrected chi connectivity index (χ3v) is 6.77. The highest BCUT2D eigenvalue weighted by Crippen LogP contribution is 2.22. The first kappa shape index (κ1) is 26.8. The quantitative estimate of drug-likeness (QED) is 0.474. The first-order valence-electron chi connectivity index (χ1n) is 12.6. The second kappa shape index (κ2) is 12.3. The smallest absolute Gasteiger partial charge is 0.247 e. The van der Waals surface area contributed by atoms with Crippen LogP contribution in [0.25, 0.3) is 0 Å². The summed E-state index contributed by atoms with van der Waals surface area (Å²) in [5.41, 5.74) is 3.04. The number of hydrogen-bond donors (Lipinski definition) is 2. The van der Waals surface area contributed by atoms with Crippen LogP contribution in [0, 0.1) is 17.1 Å². The topological polar surface area (TPSA) is 101 Å². The Bertz CT molecular complexity index is 1300. The van der Waals surface area contributed by atoms with Crippen LogP contribution in [0.1, 0.15) is 42.5 Å². The monoisotopic (exact) mass is 514 g/mol. The van der Waals surface area contributed by atoms with Crippen LogP contribution in [-0.4, -0.2) is 54.4 Å². The Morgan fingerprint density at radius 3 is 2.39 bits per heavy atom. The van der Waals surface area contributed by atoms with Crippen molar-refractivity contribution in [3.8, 4) is 6.07 Å². The zero-order valence-corrected chi connectivity index (χ0v) is 21.5. The van der Waals surface area contributed by atoms with Gasteiger partial charge in [0, 0.05) is 39.6 Å². The van der Waals surface area contributed by atoms with Gasteiger partial charge >= 0.3 is 0 Å². The summed E-state index contributed by atoms with van der Waals surface area (Å²) in [5.74, 6) is -0.252. The van der Waals surface area contributed by atoms with Crippen molar-refractivity contribution in [2.45, 2.75) is 25.8 Å². The molecule has 38 heavy (non-hydrogen) atoms. The fourth-order valence-electron chi connectivity index (χ4n) is 4.47. The molecule has 1 aliphatic rings. The van der Waals surface area contributed by atoms with E-state index in [4.69, 9.17) is 5.26 Å². The van der Waals surface area contributed by atoms with Crippen molar-refractivity contribution in [3.05, 3.63) is 89.4 Å². The number of pyridine rings is 1. The maximum atomic E-state index is 14.0. The minimum Gasteiger partial charge on any atom is -0.367 e. The molecule has 2 atom stereocenters. The van der Waals surface area contributed by atoms with Crippen LogP contribution in [0.15, 0.2) is 66.9 Å². The van der Waals surface area contributed by atoms with E-state index in [2.05, 4.69) is 26.6 Å². The molecule has 0 radical (unpaired) electrons. The van der Waals surface area contributed by atoms with Gasteiger partial charge in [0.05, 0.1) is 23.5 Å². The van der Waals surface area contributed by atoms with Gasteiger partial charge in [0.15, 0.2) is 0 Å². The van der Waals surface area contributed by atoms with Gasteiger partial charge in [-0.1, -0.05) is 31.2 Å². The number of nitrogens with zero attached hydrogens (tertiary/aromatic N) is 4. The Morgan fingerprint density at radius 1 is 1.05 bits per heavy atom. The largest absolute Gasteiger partial charge is 0.367 e. The lowest BCUT2D eigenvalue weighted by atomic mass is 9.98. The molecule has 0 bridgehead atoms. The van der Waals surface area contributed by atoms with E-state index in [0.29, 0.717) is 36.6 Å². The van der Waals surface area contributed by atoms with Gasteiger partial charge in [-0.3, -0.25) is 9.59 Å². The van der Waals surface area contributed by atoms with Gasteiger partial charge in [-0.25, -0.2) is 9.37 Å². The summed E-state index contributed by atoms with van der Waals surface area (Å²) in [6.07, 6.45) is 1.70. The van der Waals surface area contributed by atoms with E-state index in [9.17, 15) is 14.0 Å². The van der Waals surface area contributed by atoms with E-state index in [1.54, 1.807) is 43.5 Å². The Kier molecular flexibility index (Phi) is 8.66. The molecule has 1 fully saturated rings. The highest BCUT2D eigenvalue weighted by molar-refractivity contribution is 5.94. The number of carbonyl (C=O) groups excluding carboxylic acids is 2. The number of nitrogens with one attached hydrogen (secondary N) is 2. The number of aromatic nitrogens is 1. The van der Waals surface area contributed by atoms with Gasteiger partial charge < -0.3 is 20.4 Å². The fraction of sp³-hybridized carbons (Fsp3) is 0.310. The predicted octanol–water partition coefficient (Wildman–Crippen LogP) is 3.83. The second-order valence-electron chi connectivity index (χ2n) is 9.42. The summed E-state index contributed by atoms with van der Waals surface area (Å²) < 4.78 is 14.0. The van der Waals surface area contributed by atoms with Crippen LogP contribution < -0.4 is 15.5 Å². The molecular weight excluding hydrogens is 483 g/mol. The number of halogens is 1. The zero-order chi connectivity index (χ0) is 27.1. The fourth-order valence-corrected chi connectivity index (χ4v) is 4.47. The molecule has 0 spiro atoms. The minimum absolute atomic E-state index is 0.0486. The van der Waals surface area contributed by atoms with E-state index in [1.165, 1.54) is 12.1 Å². The Hall–Kier alpha value is -4.29. The van der Waals surface area contributed by atoms with Crippen molar-refractivity contribution in [1.82, 2.24) is 15.2 Å². The van der Waals surface area contributed by atoms with Crippen LogP contribution in [0.5, 0.6) is 0 Å². The number of benzene rings is 2. The Morgan fingerprint density at radius 2 is 1.79 bits per heavy atom. The lowest BCUT2D eigenvalue weighted by molar-refractivity contribution is -0.129. The van der Waals surface area contributed by atoms with Crippen LogP contribution >= 0.6 is 0 Å². The minimum atomic E-state index is -0.798. The molecular formula is C29H31FN6O2. The highest BCUT2D eigenvalue weighted by Gasteiger charge is 2.23. The van der Waals surface area contributed by atoms with Gasteiger partial charge in [0.1, 0.15) is 17.7 Å². The molecule has 1 aliphatic heterocycles. The molecule has 3 aromatic rings. The van der Waals surface area contributed by atoms with Crippen molar-refractivity contribution in [3.63, 3.8) is 0 Å². The van der Waals surface area contributed by atoms with E-state index < -0.39 is 11.9 Å². The molecule has 2 N–H and O–H groups in total. The number of nitriles is 1. The predicted molar refractivity (Wildman–Crippen MR) is 144 cm³/mol. The molecule has 196 valence electrons. The number of anilines is 2. The number of piperazine rings is 1. The van der Waals surface area contributed by atoms with Gasteiger partial charge in [-0.15, -0.1) is 0 Å². The summed E-state index contributed by atoms with van der Waals surface area (Å²) in [6, 6.07) is 18.2. The van der Waals surface area contributed by atoms with Crippen LogP contribution in [-0.2, 0) is 9.59 Å². The van der Waals surface area contributed by atoms with E-state index in [-0.39, 0.29) is 17.7 Å². The molecule has 2 unspecified atom stereocenters. The average Bonchev–Trinajstić information content (AvgIpc) is 2.93. The van der Waals surface area contributed by atoms with Crippen LogP contribution in [0.2, 0.25) is 0 Å². The summed E-state index contributed by atoms with van der Waals surface area (Å²) in [6.45, 7) is 6.82. The van der Waals surface area contributed by atoms with Gasteiger partial charge in [-0.2, -0.15) is 5.26 Å². The lowest BCUT2D eigenvalue weighted by Crippen LogP contribution is -2.48. The summed E-state index contributed by atoms with van der Waals surface area (Å²) >= 11 is 0. The third-order valence-electron chi connectivity index (χ3n) is 6.77. The molecule has 1 aromatic heterocycles. The molecule has 2 aromatic carbocycles. The average molecular weight is 515 g/mol. The molecule has 0 aliphatic carbocycles. The summed E-state index contributed by atoms with van der Waals surface area (Å²) in [5, 5.41) is 15.1. The Labute approximate surface area is 222 Å². The van der Waals surface area contributed by atoms with Crippen molar-refractivity contribution in [2.75, 3.05) is 42.9 Å². The molecule has 4 rings (SSSR count). The van der Waals surface area contributed by atoms with Crippen molar-refractivity contribution < 1.29 is 14.0 Å². The van der Waals surface area contributed by atoms with Crippen LogP contribution in [0.3, 0.4) is 0 Å². The van der Waals surface area contributed by atoms with E-state index in [1.807, 2.05) is 30.0 Å². The van der Waals surface area contributed by atoms with E-state index >= 15 is 0 Å². The number of hydrogen-bond acceptors (Lipinski definition) is 6. The highest BCUT2D eigenvalue weighted by atomic mass is 19.1. The van der Waals surface area contributed by atoms with Gasteiger partial charge in [-0.05, 0) is 53.4 Å². The molecule has 9 heteroatoms. The van der Waals surface area contributed by atoms with Gasteiger partial charge in [0.25, 0.3) is 0 Å². The molecule has 0 saturated carbocycles. The summed E-state index contributed by atoms with van der Waals surface area (Å²) in [7, 11) is 0. The number of amides is 2. The first-order chi connectivity index (χ1) is 18.3. The van der Waals surface area contributed by atoms with Crippen LogP contribution in [0.4, 0.5) is 15.9 Å². The SMILES string of the molecule is CC(=O)N1CCN(c2ccc(NC(=O)C(NCC(C)c3ccc(C#N)cc3)c3cccc(F)c3)nc2)CC1. The standard InChI is InChI=1S/C29H31FN6O2/c1-20(23-8-6-22(17-31)7-9-23)18-33-28(24-4-3-5-25(30)16-24)29(38)34-27-11-10-26(19-32-27)36-14-12-35(13-15-36)21(2)37/h3-11,16,19-20,28,33H,12-15,18H2,1-2H3,(H,32,34,38). The maximum absolute atomic E-state index is 14.0. The van der Waals surface area contributed by atoms with Gasteiger partial charge in [0.2, 0.25) is 11.8 Å². The molecule has 2 amide bonds. The van der Waals surface area contributed by atoms with Crippen molar-refractivity contribution in [1.29, 1.82) is 5.26 Å². The van der Waals surface area contributed by atoms with Crippen molar-refractivity contribution in [2.24, 2.45) is 0 Å². The third kappa shape index (κ3) is 6.72. The molecule has 8 nitrogen and oxygen atoms in total.